The maximum Gasteiger partial charge on any atom is 0.573 e. The molecule has 0 saturated carbocycles. The molecule has 0 bridgehead atoms. The Labute approximate surface area is 83.7 Å². The molecular formula is C5H4F6O5. The minimum absolute atomic E-state index is 2.29. The van der Waals surface area contributed by atoms with Crippen LogP contribution in [0.5, 0.6) is 0 Å². The lowest BCUT2D eigenvalue weighted by Crippen LogP contribution is -2.28. The first kappa shape index (κ1) is 14.8. The maximum atomic E-state index is 11.9. The second-order valence-electron chi connectivity index (χ2n) is 2.13. The topological polar surface area (TPSA) is 54.0 Å². The van der Waals surface area contributed by atoms with Gasteiger partial charge in [0.2, 0.25) is 0 Å². The SMILES string of the molecule is O=C(OOC(F)(F)CF)OOC(F)(F)CF. The summed E-state index contributed by atoms with van der Waals surface area (Å²) in [6.45, 7) is -4.66. The van der Waals surface area contributed by atoms with Crippen LogP contribution in [0.3, 0.4) is 0 Å². The summed E-state index contributed by atoms with van der Waals surface area (Å²) in [5.41, 5.74) is 0. The molecule has 0 N–H and O–H groups in total. The van der Waals surface area contributed by atoms with E-state index in [0.29, 0.717) is 0 Å². The van der Waals surface area contributed by atoms with Crippen molar-refractivity contribution in [2.24, 2.45) is 0 Å². The third-order valence-corrected chi connectivity index (χ3v) is 0.774. The van der Waals surface area contributed by atoms with E-state index in [0.717, 1.165) is 0 Å². The van der Waals surface area contributed by atoms with Crippen LogP contribution in [0.15, 0.2) is 0 Å². The summed E-state index contributed by atoms with van der Waals surface area (Å²) in [5, 5.41) is 0. The van der Waals surface area contributed by atoms with E-state index in [-0.39, 0.29) is 0 Å². The average molecular weight is 258 g/mol. The molecule has 96 valence electrons. The molecule has 0 aliphatic heterocycles. The lowest BCUT2D eigenvalue weighted by atomic mass is 10.7. The largest absolute Gasteiger partial charge is 0.573 e. The van der Waals surface area contributed by atoms with Crippen molar-refractivity contribution in [2.45, 2.75) is 12.2 Å². The molecule has 0 saturated heterocycles. The lowest BCUT2D eigenvalue weighted by Gasteiger charge is -2.12. The van der Waals surface area contributed by atoms with E-state index in [9.17, 15) is 31.1 Å². The van der Waals surface area contributed by atoms with Crippen molar-refractivity contribution in [2.75, 3.05) is 13.3 Å². The Morgan fingerprint density at radius 1 is 0.875 bits per heavy atom. The normalized spacial score (nSPS) is 12.4. The summed E-state index contributed by atoms with van der Waals surface area (Å²) in [4.78, 5) is 21.8. The van der Waals surface area contributed by atoms with E-state index in [1.54, 1.807) is 0 Å². The Morgan fingerprint density at radius 3 is 1.44 bits per heavy atom. The molecule has 0 amide bonds. The Kier molecular flexibility index (Phi) is 5.30. The number of hydrogen-bond acceptors (Lipinski definition) is 5. The molecule has 11 heteroatoms. The van der Waals surface area contributed by atoms with Gasteiger partial charge in [0, 0.05) is 0 Å². The number of hydrogen-bond donors (Lipinski definition) is 0. The zero-order valence-electron chi connectivity index (χ0n) is 7.22. The molecule has 16 heavy (non-hydrogen) atoms. The first-order valence-electron chi connectivity index (χ1n) is 3.35. The van der Waals surface area contributed by atoms with Gasteiger partial charge in [0.05, 0.1) is 0 Å². The van der Waals surface area contributed by atoms with Crippen molar-refractivity contribution >= 4 is 6.16 Å². The predicted octanol–water partition coefficient (Wildman–Crippen LogP) is 2.13. The van der Waals surface area contributed by atoms with E-state index in [1.165, 1.54) is 0 Å². The molecule has 0 aromatic heterocycles. The molecule has 0 aromatic carbocycles. The number of carbonyl (C=O) groups is 1. The van der Waals surface area contributed by atoms with Crippen LogP contribution < -0.4 is 0 Å². The third-order valence-electron chi connectivity index (χ3n) is 0.774. The third kappa shape index (κ3) is 6.29. The van der Waals surface area contributed by atoms with Crippen molar-refractivity contribution in [1.29, 1.82) is 0 Å². The molecule has 0 unspecified atom stereocenters. The van der Waals surface area contributed by atoms with Crippen molar-refractivity contribution < 1.29 is 50.7 Å². The lowest BCUT2D eigenvalue weighted by molar-refractivity contribution is -0.456. The van der Waals surface area contributed by atoms with Crippen LogP contribution in [-0.2, 0) is 19.6 Å². The zero-order chi connectivity index (χ0) is 12.8. The minimum atomic E-state index is -4.46. The number of carbonyl (C=O) groups excluding carboxylic acids is 1. The number of halogens is 6. The van der Waals surface area contributed by atoms with Crippen molar-refractivity contribution in [3.05, 3.63) is 0 Å². The van der Waals surface area contributed by atoms with Crippen LogP contribution in [0, 0.1) is 0 Å². The molecule has 0 heterocycles. The first-order valence-corrected chi connectivity index (χ1v) is 3.35. The zero-order valence-corrected chi connectivity index (χ0v) is 7.22. The summed E-state index contributed by atoms with van der Waals surface area (Å²) in [5.74, 6) is 0. The van der Waals surface area contributed by atoms with Crippen molar-refractivity contribution in [1.82, 2.24) is 0 Å². The van der Waals surface area contributed by atoms with E-state index >= 15 is 0 Å². The van der Waals surface area contributed by atoms with E-state index in [1.807, 2.05) is 0 Å². The predicted molar refractivity (Wildman–Crippen MR) is 31.6 cm³/mol. The van der Waals surface area contributed by atoms with Gasteiger partial charge in [-0.2, -0.15) is 22.4 Å². The van der Waals surface area contributed by atoms with Gasteiger partial charge in [-0.05, 0) is 0 Å². The minimum Gasteiger partial charge on any atom is -0.251 e. The fourth-order valence-electron chi connectivity index (χ4n) is 0.248. The van der Waals surface area contributed by atoms with E-state index < -0.39 is 31.7 Å². The van der Waals surface area contributed by atoms with Gasteiger partial charge in [-0.3, -0.25) is 9.78 Å². The van der Waals surface area contributed by atoms with Gasteiger partial charge >= 0.3 is 18.4 Å². The molecule has 0 aromatic rings. The summed E-state index contributed by atoms with van der Waals surface area (Å²) in [6, 6.07) is 0. The van der Waals surface area contributed by atoms with Gasteiger partial charge in [-0.15, -0.1) is 9.78 Å². The van der Waals surface area contributed by atoms with Gasteiger partial charge in [0.25, 0.3) is 0 Å². The molecule has 0 radical (unpaired) electrons. The number of rotatable bonds is 6. The highest BCUT2D eigenvalue weighted by molar-refractivity contribution is 5.58. The van der Waals surface area contributed by atoms with Crippen LogP contribution in [0.25, 0.3) is 0 Å². The Morgan fingerprint density at radius 2 is 1.19 bits per heavy atom. The summed E-state index contributed by atoms with van der Waals surface area (Å²) in [7, 11) is 0. The molecule has 0 spiro atoms. The fraction of sp³-hybridized carbons (Fsp3) is 0.800. The van der Waals surface area contributed by atoms with Crippen LogP contribution in [-0.4, -0.2) is 31.7 Å². The highest BCUT2D eigenvalue weighted by Gasteiger charge is 2.36. The highest BCUT2D eigenvalue weighted by Crippen LogP contribution is 2.18. The fourth-order valence-corrected chi connectivity index (χ4v) is 0.248. The highest BCUT2D eigenvalue weighted by atomic mass is 19.3. The van der Waals surface area contributed by atoms with Crippen LogP contribution >= 0.6 is 0 Å². The molecule has 0 atom stereocenters. The standard InChI is InChI=1S/C5H4F6O5/c6-1-4(8,9)15-13-3(12)14-16-5(10,11)2-7/h1-2H2. The van der Waals surface area contributed by atoms with E-state index in [4.69, 9.17) is 0 Å². The maximum absolute atomic E-state index is 11.9. The molecule has 0 aliphatic carbocycles. The second-order valence-corrected chi connectivity index (χ2v) is 2.13. The Bertz CT molecular complexity index is 211. The molecule has 5 nitrogen and oxygen atoms in total. The van der Waals surface area contributed by atoms with Gasteiger partial charge in [0.1, 0.15) is 0 Å². The quantitative estimate of drug-likeness (QED) is 0.415. The Balaban J connectivity index is 3.85. The molecule has 0 fully saturated rings. The smallest absolute Gasteiger partial charge is 0.251 e. The number of alkyl halides is 6. The van der Waals surface area contributed by atoms with Gasteiger partial charge in [0.15, 0.2) is 13.3 Å². The van der Waals surface area contributed by atoms with Crippen molar-refractivity contribution in [3.63, 3.8) is 0 Å². The van der Waals surface area contributed by atoms with Crippen LogP contribution in [0.4, 0.5) is 31.1 Å². The Hall–Kier alpha value is -1.23. The van der Waals surface area contributed by atoms with Crippen LogP contribution in [0.2, 0.25) is 0 Å². The molecule has 0 aliphatic rings. The van der Waals surface area contributed by atoms with E-state index in [2.05, 4.69) is 19.6 Å². The van der Waals surface area contributed by atoms with Crippen molar-refractivity contribution in [3.8, 4) is 0 Å². The van der Waals surface area contributed by atoms with Crippen LogP contribution in [0.1, 0.15) is 0 Å². The van der Waals surface area contributed by atoms with Gasteiger partial charge in [-0.1, -0.05) is 0 Å². The molecular weight excluding hydrogens is 254 g/mol. The summed E-state index contributed by atoms with van der Waals surface area (Å²) < 4.78 is 70.2. The summed E-state index contributed by atoms with van der Waals surface area (Å²) >= 11 is 0. The monoisotopic (exact) mass is 258 g/mol. The second kappa shape index (κ2) is 5.75. The summed E-state index contributed by atoms with van der Waals surface area (Å²) in [6.07, 6.45) is -11.2. The first-order chi connectivity index (χ1) is 7.22. The average Bonchev–Trinajstić information content (AvgIpc) is 2.24. The van der Waals surface area contributed by atoms with Gasteiger partial charge in [-0.25, -0.2) is 8.78 Å². The van der Waals surface area contributed by atoms with Gasteiger partial charge < -0.3 is 0 Å². The molecule has 0 rings (SSSR count).